The maximum absolute atomic E-state index is 12.6. The Balaban J connectivity index is 1.67. The number of ether oxygens (including phenoxy) is 1. The van der Waals surface area contributed by atoms with Gasteiger partial charge >= 0.3 is 6.09 Å². The van der Waals surface area contributed by atoms with Crippen molar-refractivity contribution in [3.8, 4) is 0 Å². The van der Waals surface area contributed by atoms with E-state index in [-0.39, 0.29) is 24.5 Å². The van der Waals surface area contributed by atoms with Gasteiger partial charge < -0.3 is 9.64 Å². The van der Waals surface area contributed by atoms with E-state index >= 15 is 0 Å². The van der Waals surface area contributed by atoms with Crippen LogP contribution in [-0.4, -0.2) is 59.5 Å². The molecular formula is C17H22N2O3S. The summed E-state index contributed by atoms with van der Waals surface area (Å²) < 4.78 is 5.17. The summed E-state index contributed by atoms with van der Waals surface area (Å²) in [5.41, 5.74) is 1.00. The minimum Gasteiger partial charge on any atom is -0.447 e. The van der Waals surface area contributed by atoms with Crippen LogP contribution in [0, 0.1) is 0 Å². The van der Waals surface area contributed by atoms with Gasteiger partial charge in [-0.15, -0.1) is 0 Å². The van der Waals surface area contributed by atoms with Gasteiger partial charge in [-0.25, -0.2) is 4.79 Å². The van der Waals surface area contributed by atoms with E-state index in [1.165, 1.54) is 0 Å². The highest BCUT2D eigenvalue weighted by atomic mass is 32.2. The summed E-state index contributed by atoms with van der Waals surface area (Å²) >= 11 is 1.94. The average Bonchev–Trinajstić information content (AvgIpc) is 2.96. The number of benzene rings is 1. The molecule has 0 bridgehead atoms. The van der Waals surface area contributed by atoms with Crippen molar-refractivity contribution in [2.45, 2.75) is 24.9 Å². The molecule has 0 radical (unpaired) electrons. The van der Waals surface area contributed by atoms with Gasteiger partial charge in [0.2, 0.25) is 5.91 Å². The van der Waals surface area contributed by atoms with Gasteiger partial charge in [0.15, 0.2) is 0 Å². The number of rotatable bonds is 4. The highest BCUT2D eigenvalue weighted by Crippen LogP contribution is 2.28. The smallest absolute Gasteiger partial charge is 0.410 e. The fourth-order valence-electron chi connectivity index (χ4n) is 3.11. The number of thioether (sulfide) groups is 1. The van der Waals surface area contributed by atoms with Crippen LogP contribution in [0.1, 0.15) is 24.4 Å². The molecule has 2 amide bonds. The molecule has 0 N–H and O–H groups in total. The number of likely N-dealkylation sites (N-methyl/N-ethyl adjacent to an activating group) is 1. The van der Waals surface area contributed by atoms with E-state index in [4.69, 9.17) is 4.74 Å². The summed E-state index contributed by atoms with van der Waals surface area (Å²) in [4.78, 5) is 28.0. The number of nitrogens with zero attached hydrogens (tertiary/aromatic N) is 2. The lowest BCUT2D eigenvalue weighted by Gasteiger charge is -2.32. The van der Waals surface area contributed by atoms with Crippen LogP contribution in [0.2, 0.25) is 0 Å². The van der Waals surface area contributed by atoms with Crippen LogP contribution < -0.4 is 0 Å². The Morgan fingerprint density at radius 1 is 1.30 bits per heavy atom. The predicted molar refractivity (Wildman–Crippen MR) is 90.4 cm³/mol. The molecule has 0 saturated carbocycles. The molecule has 0 spiro atoms. The van der Waals surface area contributed by atoms with E-state index in [2.05, 4.69) is 0 Å². The predicted octanol–water partition coefficient (Wildman–Crippen LogP) is 2.53. The van der Waals surface area contributed by atoms with Crippen LogP contribution in [0.25, 0.3) is 0 Å². The number of amides is 2. The molecule has 2 aliphatic rings. The van der Waals surface area contributed by atoms with Gasteiger partial charge in [-0.05, 0) is 29.9 Å². The lowest BCUT2D eigenvalue weighted by atomic mass is 10.1. The third-order valence-corrected chi connectivity index (χ3v) is 5.65. The third-order valence-electron chi connectivity index (χ3n) is 4.60. The van der Waals surface area contributed by atoms with Gasteiger partial charge in [-0.2, -0.15) is 11.8 Å². The van der Waals surface area contributed by atoms with Gasteiger partial charge in [0.25, 0.3) is 0 Å². The Bertz CT molecular complexity index is 560. The minimum absolute atomic E-state index is 0.0123. The van der Waals surface area contributed by atoms with Gasteiger partial charge in [-0.1, -0.05) is 30.3 Å². The molecule has 1 unspecified atom stereocenters. The Morgan fingerprint density at radius 3 is 2.70 bits per heavy atom. The normalized spacial score (nSPS) is 22.0. The van der Waals surface area contributed by atoms with Gasteiger partial charge in [0.05, 0.1) is 6.04 Å². The van der Waals surface area contributed by atoms with Crippen LogP contribution in [-0.2, 0) is 9.53 Å². The quantitative estimate of drug-likeness (QED) is 0.849. The summed E-state index contributed by atoms with van der Waals surface area (Å²) in [6.07, 6.45) is 1.65. The molecule has 3 rings (SSSR count). The van der Waals surface area contributed by atoms with Crippen molar-refractivity contribution in [2.24, 2.45) is 0 Å². The molecule has 6 heteroatoms. The van der Waals surface area contributed by atoms with Crippen molar-refractivity contribution >= 4 is 23.8 Å². The lowest BCUT2D eigenvalue weighted by molar-refractivity contribution is -0.133. The fraction of sp³-hybridized carbons (Fsp3) is 0.529. The van der Waals surface area contributed by atoms with Crippen molar-refractivity contribution in [3.05, 3.63) is 35.9 Å². The lowest BCUT2D eigenvalue weighted by Crippen LogP contribution is -2.45. The number of carbonyl (C=O) groups excluding carboxylic acids is 2. The highest BCUT2D eigenvalue weighted by molar-refractivity contribution is 7.99. The van der Waals surface area contributed by atoms with Crippen LogP contribution in [0.5, 0.6) is 0 Å². The van der Waals surface area contributed by atoms with Crippen molar-refractivity contribution in [1.29, 1.82) is 0 Å². The summed E-state index contributed by atoms with van der Waals surface area (Å²) in [7, 11) is 1.85. The molecule has 5 nitrogen and oxygen atoms in total. The largest absolute Gasteiger partial charge is 0.447 e. The summed E-state index contributed by atoms with van der Waals surface area (Å²) in [5, 5.41) is 0. The summed E-state index contributed by atoms with van der Waals surface area (Å²) in [5.74, 6) is 2.18. The van der Waals surface area contributed by atoms with Crippen LogP contribution in [0.3, 0.4) is 0 Å². The van der Waals surface area contributed by atoms with Crippen molar-refractivity contribution < 1.29 is 14.3 Å². The maximum atomic E-state index is 12.6. The van der Waals surface area contributed by atoms with Crippen LogP contribution in [0.4, 0.5) is 4.79 Å². The first kappa shape index (κ1) is 16.2. The zero-order chi connectivity index (χ0) is 16.2. The van der Waals surface area contributed by atoms with Crippen molar-refractivity contribution in [2.75, 3.05) is 31.7 Å². The number of hydrogen-bond acceptors (Lipinski definition) is 4. The van der Waals surface area contributed by atoms with Gasteiger partial charge in [0.1, 0.15) is 13.2 Å². The average molecular weight is 334 g/mol. The van der Waals surface area contributed by atoms with E-state index in [1.807, 2.05) is 54.0 Å². The Kier molecular flexibility index (Phi) is 5.10. The molecule has 0 aliphatic carbocycles. The molecule has 1 aromatic rings. The number of carbonyl (C=O) groups is 2. The van der Waals surface area contributed by atoms with E-state index < -0.39 is 6.09 Å². The second-order valence-electron chi connectivity index (χ2n) is 5.98. The summed E-state index contributed by atoms with van der Waals surface area (Å²) in [6.45, 7) is 0.387. The Morgan fingerprint density at radius 2 is 2.00 bits per heavy atom. The molecule has 2 fully saturated rings. The SMILES string of the molecule is CN(C(=O)CN1C(=O)OCC1c1ccccc1)C1CCSCC1. The third kappa shape index (κ3) is 3.63. The second kappa shape index (κ2) is 7.25. The van der Waals surface area contributed by atoms with E-state index in [0.717, 1.165) is 29.9 Å². The zero-order valence-corrected chi connectivity index (χ0v) is 14.1. The highest BCUT2D eigenvalue weighted by Gasteiger charge is 2.36. The molecule has 2 heterocycles. The van der Waals surface area contributed by atoms with Crippen molar-refractivity contribution in [3.63, 3.8) is 0 Å². The van der Waals surface area contributed by atoms with Gasteiger partial charge in [0, 0.05) is 13.1 Å². The Labute approximate surface area is 141 Å². The van der Waals surface area contributed by atoms with Crippen LogP contribution >= 0.6 is 11.8 Å². The maximum Gasteiger partial charge on any atom is 0.410 e. The standard InChI is InChI=1S/C17H22N2O3S/c1-18(14-7-9-23-10-8-14)16(20)11-19-15(12-22-17(19)21)13-5-3-2-4-6-13/h2-6,14-15H,7-12H2,1H3. The fourth-order valence-corrected chi connectivity index (χ4v) is 4.19. The zero-order valence-electron chi connectivity index (χ0n) is 13.3. The van der Waals surface area contributed by atoms with Crippen LogP contribution in [0.15, 0.2) is 30.3 Å². The number of cyclic esters (lactones) is 1. The molecule has 1 aromatic carbocycles. The molecule has 2 saturated heterocycles. The first-order valence-electron chi connectivity index (χ1n) is 7.98. The molecule has 124 valence electrons. The molecule has 1 atom stereocenters. The molecular weight excluding hydrogens is 312 g/mol. The molecule has 23 heavy (non-hydrogen) atoms. The van der Waals surface area contributed by atoms with E-state index in [0.29, 0.717) is 6.61 Å². The van der Waals surface area contributed by atoms with Gasteiger partial charge in [-0.3, -0.25) is 9.69 Å². The first-order chi connectivity index (χ1) is 11.2. The van der Waals surface area contributed by atoms with Crippen molar-refractivity contribution in [1.82, 2.24) is 9.80 Å². The Hall–Kier alpha value is -1.69. The monoisotopic (exact) mass is 334 g/mol. The second-order valence-corrected chi connectivity index (χ2v) is 7.20. The minimum atomic E-state index is -0.403. The topological polar surface area (TPSA) is 49.9 Å². The molecule has 2 aliphatic heterocycles. The van der Waals surface area contributed by atoms with E-state index in [9.17, 15) is 9.59 Å². The summed E-state index contributed by atoms with van der Waals surface area (Å²) in [6, 6.07) is 9.85. The first-order valence-corrected chi connectivity index (χ1v) is 9.14. The molecule has 0 aromatic heterocycles. The number of hydrogen-bond donors (Lipinski definition) is 0. The van der Waals surface area contributed by atoms with E-state index in [1.54, 1.807) is 4.90 Å².